The van der Waals surface area contributed by atoms with E-state index in [4.69, 9.17) is 23.2 Å². The summed E-state index contributed by atoms with van der Waals surface area (Å²) in [7, 11) is 0. The largest absolute Gasteiger partial charge is 0.385 e. The standard InChI is InChI=1S/C22H23ClO.C12H8BrCl.C10H14O/c23-21-8-4-2-6-19(21)18-5-1-3-7-20(18)22(24)16-10-14-9-15(12-16)13-17(22)11-14;13-11-7-3-1-5-9(11)10-6-2-4-8-12(10)14;11-10-8-2-6-1-7(4-8)5-9(10)3-6/h1-8,14-17,24H,9-13H2;1-8H;6-9H,1-5H2. The van der Waals surface area contributed by atoms with Crippen molar-refractivity contribution in [2.45, 2.75) is 69.8 Å². The number of Topliss-reactive ketones (excluding diaryl/α,β-unsaturated/α-hetero) is 1. The normalized spacial score (nSPS) is 33.0. The number of benzene rings is 4. The Morgan fingerprint density at radius 3 is 1.39 bits per heavy atom. The van der Waals surface area contributed by atoms with Crippen LogP contribution in [0.4, 0.5) is 0 Å². The van der Waals surface area contributed by atoms with Gasteiger partial charge in [-0.1, -0.05) is 118 Å². The van der Waals surface area contributed by atoms with Crippen molar-refractivity contribution in [1.29, 1.82) is 0 Å². The SMILES string of the molecule is Clc1ccccc1-c1ccccc1Br.O=C1C2CC3CC(C2)CC1C3.OC1(c2ccccc2-c2ccccc2Cl)C2CC3CC(C2)CC1C3. The zero-order valence-electron chi connectivity index (χ0n) is 27.9. The summed E-state index contributed by atoms with van der Waals surface area (Å²) in [6.45, 7) is 0. The first-order valence-corrected chi connectivity index (χ1v) is 19.9. The van der Waals surface area contributed by atoms with Crippen molar-refractivity contribution in [3.05, 3.63) is 117 Å². The summed E-state index contributed by atoms with van der Waals surface area (Å²) in [6, 6.07) is 32.3. The fourth-order valence-corrected chi connectivity index (χ4v) is 12.1. The van der Waals surface area contributed by atoms with E-state index < -0.39 is 5.60 Å². The molecule has 8 bridgehead atoms. The monoisotopic (exact) mass is 754 g/mol. The van der Waals surface area contributed by atoms with Crippen molar-refractivity contribution in [2.24, 2.45) is 47.3 Å². The molecule has 0 spiro atoms. The maximum atomic E-state index is 12.0. The van der Waals surface area contributed by atoms with Crippen LogP contribution in [0.3, 0.4) is 0 Å². The summed E-state index contributed by atoms with van der Waals surface area (Å²) in [5.74, 6) is 6.04. The molecule has 0 saturated heterocycles. The lowest BCUT2D eigenvalue weighted by Gasteiger charge is -2.59. The molecule has 8 aliphatic carbocycles. The highest BCUT2D eigenvalue weighted by atomic mass is 79.9. The van der Waals surface area contributed by atoms with E-state index in [1.54, 1.807) is 0 Å². The molecular formula is C44H45BrCl2O2. The van der Waals surface area contributed by atoms with Crippen LogP contribution in [-0.4, -0.2) is 10.9 Å². The van der Waals surface area contributed by atoms with Crippen LogP contribution in [0.2, 0.25) is 10.0 Å². The molecule has 0 atom stereocenters. The van der Waals surface area contributed by atoms with Gasteiger partial charge in [0, 0.05) is 37.5 Å². The van der Waals surface area contributed by atoms with Gasteiger partial charge in [-0.05, 0) is 135 Å². The van der Waals surface area contributed by atoms with Gasteiger partial charge in [0.2, 0.25) is 0 Å². The first kappa shape index (κ1) is 33.7. The van der Waals surface area contributed by atoms with E-state index in [1.165, 1.54) is 64.2 Å². The predicted molar refractivity (Wildman–Crippen MR) is 204 cm³/mol. The predicted octanol–water partition coefficient (Wildman–Crippen LogP) is 12.4. The Hall–Kier alpha value is -2.43. The molecule has 4 aromatic carbocycles. The van der Waals surface area contributed by atoms with Crippen LogP contribution in [0.15, 0.2) is 102 Å². The van der Waals surface area contributed by atoms with Gasteiger partial charge in [-0.3, -0.25) is 4.79 Å². The minimum atomic E-state index is -0.677. The molecule has 0 radical (unpaired) electrons. The van der Waals surface area contributed by atoms with Gasteiger partial charge in [0.1, 0.15) is 5.78 Å². The topological polar surface area (TPSA) is 37.3 Å². The quantitative estimate of drug-likeness (QED) is 0.226. The molecule has 8 aliphatic rings. The van der Waals surface area contributed by atoms with Gasteiger partial charge >= 0.3 is 0 Å². The molecule has 1 N–H and O–H groups in total. The summed E-state index contributed by atoms with van der Waals surface area (Å²) in [6.07, 6.45) is 12.6. The molecule has 0 aliphatic heterocycles. The summed E-state index contributed by atoms with van der Waals surface area (Å²) in [4.78, 5) is 11.6. The van der Waals surface area contributed by atoms with Crippen LogP contribution in [0.1, 0.15) is 69.8 Å². The number of carbonyl (C=O) groups excluding carboxylic acids is 1. The minimum absolute atomic E-state index is 0.414. The molecular weight excluding hydrogens is 711 g/mol. The highest BCUT2D eigenvalue weighted by molar-refractivity contribution is 9.10. The molecule has 254 valence electrons. The number of aliphatic hydroxyl groups is 1. The van der Waals surface area contributed by atoms with E-state index >= 15 is 0 Å². The molecule has 0 amide bonds. The van der Waals surface area contributed by atoms with E-state index in [-0.39, 0.29) is 0 Å². The number of halogens is 3. The molecule has 2 nitrogen and oxygen atoms in total. The van der Waals surface area contributed by atoms with Crippen molar-refractivity contribution in [3.63, 3.8) is 0 Å². The van der Waals surface area contributed by atoms with Gasteiger partial charge in [0.05, 0.1) is 5.60 Å². The number of rotatable bonds is 3. The number of hydrogen-bond donors (Lipinski definition) is 1. The average molecular weight is 757 g/mol. The van der Waals surface area contributed by atoms with E-state index in [1.807, 2.05) is 66.7 Å². The third-order valence-corrected chi connectivity index (χ3v) is 14.2. The smallest absolute Gasteiger partial charge is 0.139 e. The second-order valence-electron chi connectivity index (χ2n) is 15.8. The van der Waals surface area contributed by atoms with Crippen LogP contribution in [0.5, 0.6) is 0 Å². The summed E-state index contributed by atoms with van der Waals surface area (Å²) in [5.41, 5.74) is 4.75. The van der Waals surface area contributed by atoms with Gasteiger partial charge < -0.3 is 5.11 Å². The molecule has 12 rings (SSSR count). The first-order valence-electron chi connectivity index (χ1n) is 18.4. The van der Waals surface area contributed by atoms with Crippen molar-refractivity contribution in [1.82, 2.24) is 0 Å². The summed E-state index contributed by atoms with van der Waals surface area (Å²) < 4.78 is 1.06. The Morgan fingerprint density at radius 1 is 0.510 bits per heavy atom. The van der Waals surface area contributed by atoms with E-state index in [0.29, 0.717) is 29.5 Å². The van der Waals surface area contributed by atoms with Crippen LogP contribution >= 0.6 is 39.1 Å². The molecule has 5 heteroatoms. The lowest BCUT2D eigenvalue weighted by molar-refractivity contribution is -0.179. The van der Waals surface area contributed by atoms with Gasteiger partial charge in [-0.15, -0.1) is 0 Å². The maximum Gasteiger partial charge on any atom is 0.139 e. The number of hydrogen-bond acceptors (Lipinski definition) is 2. The van der Waals surface area contributed by atoms with E-state index in [9.17, 15) is 9.90 Å². The average Bonchev–Trinajstić information content (AvgIpc) is 3.10. The lowest BCUT2D eigenvalue weighted by atomic mass is 9.48. The van der Waals surface area contributed by atoms with Crippen LogP contribution in [0, 0.1) is 47.3 Å². The molecule has 8 saturated carbocycles. The Kier molecular flexibility index (Phi) is 9.59. The van der Waals surface area contributed by atoms with Crippen LogP contribution < -0.4 is 0 Å². The number of carbonyl (C=O) groups is 1. The fourth-order valence-electron chi connectivity index (χ4n) is 11.1. The molecule has 0 heterocycles. The molecule has 49 heavy (non-hydrogen) atoms. The summed E-state index contributed by atoms with van der Waals surface area (Å²) >= 11 is 16.1. The molecule has 8 fully saturated rings. The Morgan fingerprint density at radius 2 is 0.898 bits per heavy atom. The Balaban J connectivity index is 0.000000118. The van der Waals surface area contributed by atoms with Crippen molar-refractivity contribution in [3.8, 4) is 22.3 Å². The van der Waals surface area contributed by atoms with Crippen molar-refractivity contribution in [2.75, 3.05) is 0 Å². The first-order chi connectivity index (χ1) is 23.8. The van der Waals surface area contributed by atoms with Crippen molar-refractivity contribution >= 4 is 44.9 Å². The van der Waals surface area contributed by atoms with Gasteiger partial charge in [-0.2, -0.15) is 0 Å². The minimum Gasteiger partial charge on any atom is -0.385 e. The zero-order valence-corrected chi connectivity index (χ0v) is 31.0. The third-order valence-electron chi connectivity index (χ3n) is 12.9. The molecule has 0 unspecified atom stereocenters. The van der Waals surface area contributed by atoms with E-state index in [2.05, 4.69) is 46.3 Å². The third kappa shape index (κ3) is 6.48. The van der Waals surface area contributed by atoms with Crippen LogP contribution in [0.25, 0.3) is 22.3 Å². The summed E-state index contributed by atoms with van der Waals surface area (Å²) in [5, 5.41) is 13.5. The molecule has 4 aromatic rings. The van der Waals surface area contributed by atoms with E-state index in [0.717, 1.165) is 66.0 Å². The lowest BCUT2D eigenvalue weighted by Crippen LogP contribution is -2.55. The van der Waals surface area contributed by atoms with Gasteiger partial charge in [-0.25, -0.2) is 0 Å². The highest BCUT2D eigenvalue weighted by Gasteiger charge is 2.57. The number of ketones is 1. The fraction of sp³-hybridized carbons (Fsp3) is 0.432. The highest BCUT2D eigenvalue weighted by Crippen LogP contribution is 2.62. The Labute approximate surface area is 309 Å². The second-order valence-corrected chi connectivity index (χ2v) is 17.5. The second kappa shape index (κ2) is 13.9. The van der Waals surface area contributed by atoms with Crippen LogP contribution in [-0.2, 0) is 10.4 Å². The Bertz CT molecular complexity index is 1730. The molecule has 0 aromatic heterocycles. The van der Waals surface area contributed by atoms with Crippen molar-refractivity contribution < 1.29 is 9.90 Å². The maximum absolute atomic E-state index is 12.0. The zero-order chi connectivity index (χ0) is 33.7. The van der Waals surface area contributed by atoms with Gasteiger partial charge in [0.15, 0.2) is 0 Å². The van der Waals surface area contributed by atoms with Gasteiger partial charge in [0.25, 0.3) is 0 Å².